The number of aromatic nitrogens is 4. The second-order valence-corrected chi connectivity index (χ2v) is 25.3. The first-order chi connectivity index (χ1) is 45.4. The van der Waals surface area contributed by atoms with Crippen molar-refractivity contribution in [3.8, 4) is 95.5 Å². The number of nitrogens with zero attached hydrogens (tertiary/aromatic N) is 4. The molecule has 3 aromatic heterocycles. The molecule has 0 spiro atoms. The van der Waals surface area contributed by atoms with Crippen molar-refractivity contribution in [1.29, 1.82) is 0 Å². The van der Waals surface area contributed by atoms with E-state index < -0.39 is 54.7 Å². The Morgan fingerprint density at radius 3 is 1.84 bits per heavy atom. The molecule has 0 N–H and O–H groups in total. The maximum absolute atomic E-state index is 9.65. The van der Waals surface area contributed by atoms with Crippen LogP contribution in [0.25, 0.3) is 117 Å². The van der Waals surface area contributed by atoms with Gasteiger partial charge >= 0.3 is 0 Å². The van der Waals surface area contributed by atoms with Gasteiger partial charge in [-0.3, -0.25) is 4.57 Å². The summed E-state index contributed by atoms with van der Waals surface area (Å²) in [6.45, 7) is 13.8. The Bertz CT molecular complexity index is 5300. The molecule has 5 nitrogen and oxygen atoms in total. The summed E-state index contributed by atoms with van der Waals surface area (Å²) < 4.78 is 114. The van der Waals surface area contributed by atoms with Crippen LogP contribution >= 0.6 is 0 Å². The smallest absolute Gasteiger partial charge is 0.268 e. The standard InChI is InChI=1S/C80H68N4O.Pt/c1-50-23-19-24-51(2)74(50)54-43-68(53-41-56(79(6,7)8)45-57(42-53)80(9,10)11)76-69(44-54)75-61(52-25-13-12-14-26-52)32-21-33-66(75)62-29-15-16-30-63(62)67-34-22-36-71-77(67)83(76)49-82(71)58-27-20-28-59(47-58)85-60-37-38-65-64-31-17-18-35-70(64)84(72(65)48-60)73-46-55(39-40-81-73)78(3,4)5;/h12-46H,1-11H3;/q-2;/i1D3,2D3,12D,13D,14D,25D,26D;. The summed E-state index contributed by atoms with van der Waals surface area (Å²) >= 11 is 0. The second-order valence-electron chi connectivity index (χ2n) is 25.3. The van der Waals surface area contributed by atoms with Crippen LogP contribution in [-0.2, 0) is 37.3 Å². The van der Waals surface area contributed by atoms with E-state index in [9.17, 15) is 2.74 Å². The van der Waals surface area contributed by atoms with E-state index in [-0.39, 0.29) is 59.9 Å². The van der Waals surface area contributed by atoms with Gasteiger partial charge in [-0.2, -0.15) is 18.2 Å². The van der Waals surface area contributed by atoms with Gasteiger partial charge in [0.25, 0.3) is 6.33 Å². The molecule has 0 aliphatic carbocycles. The maximum Gasteiger partial charge on any atom is 0.268 e. The van der Waals surface area contributed by atoms with Crippen LogP contribution in [0.5, 0.6) is 11.5 Å². The van der Waals surface area contributed by atoms with E-state index in [1.165, 1.54) is 18.2 Å². The summed E-state index contributed by atoms with van der Waals surface area (Å²) in [4.78, 5) is 4.89. The number of hydrogen-bond donors (Lipinski definition) is 0. The van der Waals surface area contributed by atoms with Gasteiger partial charge in [-0.25, -0.2) is 4.98 Å². The van der Waals surface area contributed by atoms with Gasteiger partial charge in [0.15, 0.2) is 0 Å². The van der Waals surface area contributed by atoms with E-state index in [4.69, 9.17) is 22.1 Å². The first-order valence-electron chi connectivity index (χ1n) is 34.3. The molecular weight excluding hydrogens is 1230 g/mol. The molecule has 14 rings (SSSR count). The van der Waals surface area contributed by atoms with Crippen molar-refractivity contribution in [1.82, 2.24) is 14.1 Å². The van der Waals surface area contributed by atoms with Crippen LogP contribution in [0.15, 0.2) is 212 Å². The average molecular weight is 1310 g/mol. The molecule has 0 saturated heterocycles. The first kappa shape index (κ1) is 44.6. The molecule has 1 aliphatic heterocycles. The van der Waals surface area contributed by atoms with Crippen LogP contribution in [-0.4, -0.2) is 14.1 Å². The number of pyridine rings is 1. The topological polar surface area (TPSA) is 35.9 Å². The van der Waals surface area contributed by atoms with Gasteiger partial charge in [-0.05, 0) is 166 Å². The number of benzene rings is 10. The minimum Gasteiger partial charge on any atom is -0.510 e. The minimum atomic E-state index is -2.81. The normalized spacial score (nSPS) is 14.4. The van der Waals surface area contributed by atoms with E-state index >= 15 is 0 Å². The number of rotatable bonds is 7. The third-order valence-corrected chi connectivity index (χ3v) is 16.6. The second kappa shape index (κ2) is 21.3. The fraction of sp³-hybridized carbons (Fsp3) is 0.175. The molecule has 0 fully saturated rings. The quantitative estimate of drug-likeness (QED) is 0.118. The Kier molecular flexibility index (Phi) is 11.0. The molecule has 6 heteroatoms. The number of fused-ring (bicyclic) bond motifs is 10. The fourth-order valence-corrected chi connectivity index (χ4v) is 12.2. The number of imidazole rings is 1. The molecule has 0 bridgehead atoms. The summed E-state index contributed by atoms with van der Waals surface area (Å²) in [6.07, 6.45) is 5.71. The summed E-state index contributed by atoms with van der Waals surface area (Å²) in [7, 11) is 0. The molecule has 4 heterocycles. The molecule has 1 aliphatic rings. The van der Waals surface area contributed by atoms with Crippen molar-refractivity contribution in [2.24, 2.45) is 0 Å². The van der Waals surface area contributed by atoms with E-state index in [0.717, 1.165) is 66.6 Å². The van der Waals surface area contributed by atoms with Crippen LogP contribution in [0.2, 0.25) is 0 Å². The zero-order valence-corrected chi connectivity index (χ0v) is 51.6. The van der Waals surface area contributed by atoms with Gasteiger partial charge < -0.3 is 13.9 Å². The van der Waals surface area contributed by atoms with Crippen LogP contribution in [0.1, 0.15) is 105 Å². The van der Waals surface area contributed by atoms with Gasteiger partial charge in [0.1, 0.15) is 5.82 Å². The third kappa shape index (κ3) is 9.71. The molecule has 0 radical (unpaired) electrons. The number of aryl methyl sites for hydroxylation is 2. The molecule has 13 aromatic rings. The zero-order chi connectivity index (χ0) is 68.0. The van der Waals surface area contributed by atoms with Gasteiger partial charge in [0, 0.05) is 52.5 Å². The molecule has 0 saturated carbocycles. The van der Waals surface area contributed by atoms with Crippen molar-refractivity contribution in [2.75, 3.05) is 0 Å². The third-order valence-electron chi connectivity index (χ3n) is 16.6. The predicted octanol–water partition coefficient (Wildman–Crippen LogP) is 20.4. The monoisotopic (exact) mass is 1310 g/mol. The van der Waals surface area contributed by atoms with Crippen molar-refractivity contribution in [3.05, 3.63) is 259 Å². The molecule has 0 amide bonds. The molecule has 426 valence electrons. The Labute approximate surface area is 536 Å². The van der Waals surface area contributed by atoms with Crippen molar-refractivity contribution in [3.63, 3.8) is 0 Å². The van der Waals surface area contributed by atoms with Crippen LogP contribution in [0, 0.1) is 32.2 Å². The minimum absolute atomic E-state index is 0. The number of ether oxygens (including phenoxy) is 1. The van der Waals surface area contributed by atoms with Crippen molar-refractivity contribution >= 4 is 32.8 Å². The molecule has 10 aromatic carbocycles. The zero-order valence-electron chi connectivity index (χ0n) is 60.3. The molecule has 0 atom stereocenters. The van der Waals surface area contributed by atoms with Gasteiger partial charge in [0.2, 0.25) is 0 Å². The Hall–Kier alpha value is -8.89. The predicted molar refractivity (Wildman–Crippen MR) is 352 cm³/mol. The first-order valence-corrected chi connectivity index (χ1v) is 28.8. The number of para-hydroxylation sites is 2. The average Bonchev–Trinajstić information content (AvgIpc) is 1.65. The SMILES string of the molecule is [2H]c1c([2H])c([2H])c(-c2cccc3c2-c2cc(-c4c(C([2H])([2H])[2H])cccc4C([2H])([2H])[2H])cc(-c4cc(C(C)(C)C)cc(C(C)(C)C)c4)c2-[n+]2[c-]n(-c4[c-]c(Oc5[c-]c6c(cc5)c5ccccc5n6-c5cc(C(C)(C)C)ccn5)ccc4)c4cccc(c42)-c2ccccc2-3)c([2H])c1[2H].[Pt]. The van der Waals surface area contributed by atoms with Crippen molar-refractivity contribution < 1.29 is 45.4 Å². The Morgan fingerprint density at radius 1 is 0.488 bits per heavy atom. The largest absolute Gasteiger partial charge is 0.510 e. The van der Waals surface area contributed by atoms with Crippen LogP contribution < -0.4 is 9.30 Å². The number of hydrogen-bond acceptors (Lipinski definition) is 2. The van der Waals surface area contributed by atoms with E-state index in [0.29, 0.717) is 56.2 Å². The summed E-state index contributed by atoms with van der Waals surface area (Å²) in [5, 5.41) is 2.03. The van der Waals surface area contributed by atoms with E-state index in [1.807, 2.05) is 118 Å². The van der Waals surface area contributed by atoms with Crippen molar-refractivity contribution in [2.45, 2.75) is 92.3 Å². The summed E-state index contributed by atoms with van der Waals surface area (Å²) in [5.41, 5.74) is 11.6. The molecule has 86 heavy (non-hydrogen) atoms. The maximum atomic E-state index is 9.65. The van der Waals surface area contributed by atoms with Gasteiger partial charge in [-0.15, -0.1) is 29.7 Å². The Morgan fingerprint density at radius 2 is 1.10 bits per heavy atom. The fourth-order valence-electron chi connectivity index (χ4n) is 12.2. The van der Waals surface area contributed by atoms with Crippen LogP contribution in [0.3, 0.4) is 0 Å². The Balaban J connectivity index is 0.00000849. The van der Waals surface area contributed by atoms with E-state index in [2.05, 4.69) is 134 Å². The molecule has 0 unspecified atom stereocenters. The van der Waals surface area contributed by atoms with Crippen LogP contribution in [0.4, 0.5) is 0 Å². The summed E-state index contributed by atoms with van der Waals surface area (Å²) in [6, 6.07) is 60.9. The van der Waals surface area contributed by atoms with Gasteiger partial charge in [-0.1, -0.05) is 213 Å². The molecular formula is C80H68N4OPt-2. The van der Waals surface area contributed by atoms with E-state index in [1.54, 1.807) is 6.07 Å². The summed E-state index contributed by atoms with van der Waals surface area (Å²) in [5.74, 6) is 1.59. The van der Waals surface area contributed by atoms with Gasteiger partial charge in [0.05, 0.1) is 23.6 Å².